The summed E-state index contributed by atoms with van der Waals surface area (Å²) in [5.74, 6) is -0.345. The van der Waals surface area contributed by atoms with Crippen LogP contribution >= 0.6 is 0 Å². The van der Waals surface area contributed by atoms with E-state index < -0.39 is 29.5 Å². The van der Waals surface area contributed by atoms with Crippen LogP contribution in [0.4, 0.5) is 4.79 Å². The quantitative estimate of drug-likeness (QED) is 0.668. The molecule has 2 saturated heterocycles. The van der Waals surface area contributed by atoms with Gasteiger partial charge in [-0.1, -0.05) is 12.1 Å². The smallest absolute Gasteiger partial charge is 0.329 e. The number of hydrogen-bond acceptors (Lipinski definition) is 5. The van der Waals surface area contributed by atoms with Gasteiger partial charge in [0.05, 0.1) is 7.11 Å². The summed E-state index contributed by atoms with van der Waals surface area (Å²) in [6.07, 6.45) is 0.0115. The van der Waals surface area contributed by atoms with Crippen molar-refractivity contribution in [2.24, 2.45) is 0 Å². The number of imide groups is 1. The van der Waals surface area contributed by atoms with Gasteiger partial charge in [0.2, 0.25) is 0 Å². The zero-order valence-corrected chi connectivity index (χ0v) is 13.2. The lowest BCUT2D eigenvalue weighted by Gasteiger charge is -2.23. The Morgan fingerprint density at radius 2 is 1.91 bits per heavy atom. The fraction of sp³-hybridized carbons (Fsp3) is 0.438. The van der Waals surface area contributed by atoms with Crippen LogP contribution < -0.4 is 10.1 Å². The summed E-state index contributed by atoms with van der Waals surface area (Å²) in [4.78, 5) is 38.0. The van der Waals surface area contributed by atoms with Crippen molar-refractivity contribution in [3.8, 4) is 5.75 Å². The summed E-state index contributed by atoms with van der Waals surface area (Å²) in [6, 6.07) is 5.43. The maximum absolute atomic E-state index is 12.8. The molecular formula is C16H18N2O5. The normalized spacial score (nSPS) is 30.4. The summed E-state index contributed by atoms with van der Waals surface area (Å²) in [7, 11) is 1.55. The van der Waals surface area contributed by atoms with E-state index >= 15 is 0 Å². The molecule has 0 unspecified atom stereocenters. The Balaban J connectivity index is 1.91. The van der Waals surface area contributed by atoms with E-state index in [0.717, 1.165) is 4.90 Å². The lowest BCUT2D eigenvalue weighted by atomic mass is 9.91. The molecule has 3 amide bonds. The summed E-state index contributed by atoms with van der Waals surface area (Å²) in [5, 5.41) is 2.69. The first-order valence-electron chi connectivity index (χ1n) is 7.37. The van der Waals surface area contributed by atoms with Gasteiger partial charge in [-0.2, -0.15) is 0 Å². The number of methoxy groups -OCH3 is 1. The zero-order valence-electron chi connectivity index (χ0n) is 13.2. The van der Waals surface area contributed by atoms with Crippen LogP contribution in [0.15, 0.2) is 24.3 Å². The topological polar surface area (TPSA) is 84.9 Å². The van der Waals surface area contributed by atoms with Gasteiger partial charge in [-0.05, 0) is 31.5 Å². The molecule has 0 radical (unpaired) electrons. The van der Waals surface area contributed by atoms with Gasteiger partial charge < -0.3 is 14.8 Å². The Morgan fingerprint density at radius 3 is 2.43 bits per heavy atom. The molecule has 3 rings (SSSR count). The van der Waals surface area contributed by atoms with Gasteiger partial charge >= 0.3 is 12.0 Å². The Hall–Kier alpha value is -2.57. The summed E-state index contributed by atoms with van der Waals surface area (Å²) < 4.78 is 10.2. The molecule has 0 bridgehead atoms. The molecule has 3 atom stereocenters. The van der Waals surface area contributed by atoms with E-state index in [-0.39, 0.29) is 6.10 Å². The molecule has 7 nitrogen and oxygen atoms in total. The lowest BCUT2D eigenvalue weighted by Crippen LogP contribution is -2.45. The molecule has 1 aromatic rings. The van der Waals surface area contributed by atoms with E-state index in [9.17, 15) is 14.4 Å². The second-order valence-corrected chi connectivity index (χ2v) is 5.96. The van der Waals surface area contributed by atoms with Crippen LogP contribution in [0.3, 0.4) is 0 Å². The van der Waals surface area contributed by atoms with Crippen molar-refractivity contribution < 1.29 is 23.9 Å². The second-order valence-electron chi connectivity index (χ2n) is 5.96. The number of carbonyl (C=O) groups is 3. The maximum Gasteiger partial charge on any atom is 0.329 e. The number of urea groups is 1. The summed E-state index contributed by atoms with van der Waals surface area (Å²) in [6.45, 7) is 3.36. The number of benzene rings is 1. The number of amides is 3. The van der Waals surface area contributed by atoms with Crippen LogP contribution in [0.25, 0.3) is 0 Å². The van der Waals surface area contributed by atoms with Gasteiger partial charge in [-0.25, -0.2) is 14.5 Å². The number of carbonyl (C=O) groups excluding carboxylic acids is 3. The van der Waals surface area contributed by atoms with Crippen LogP contribution in [0.2, 0.25) is 0 Å². The van der Waals surface area contributed by atoms with Gasteiger partial charge in [-0.15, -0.1) is 0 Å². The average Bonchev–Trinajstić information content (AvgIpc) is 2.96. The molecular weight excluding hydrogens is 300 g/mol. The van der Waals surface area contributed by atoms with E-state index in [1.807, 2.05) is 0 Å². The fourth-order valence-electron chi connectivity index (χ4n) is 3.01. The number of ether oxygens (including phenoxy) is 2. The van der Waals surface area contributed by atoms with Crippen LogP contribution in [0, 0.1) is 0 Å². The molecule has 0 spiro atoms. The highest BCUT2D eigenvalue weighted by Gasteiger charge is 2.54. The molecule has 122 valence electrons. The van der Waals surface area contributed by atoms with Crippen molar-refractivity contribution in [1.29, 1.82) is 0 Å². The van der Waals surface area contributed by atoms with Crippen molar-refractivity contribution >= 4 is 17.9 Å². The third-order valence-electron chi connectivity index (χ3n) is 4.35. The zero-order chi connectivity index (χ0) is 16.8. The van der Waals surface area contributed by atoms with Gasteiger partial charge in [0.1, 0.15) is 23.4 Å². The SMILES string of the molecule is COc1ccc([C@]2(C)NC(=O)N([C@H]3C[C@@H](C)OC3=O)C2=O)cc1. The third kappa shape index (κ3) is 2.32. The standard InChI is InChI=1S/C16H18N2O5/c1-9-8-12(13(19)23-9)18-14(20)16(2,17-15(18)21)10-4-6-11(22-3)7-5-10/h4-7,9,12H,8H2,1-3H3,(H,17,21)/t9-,12+,16+/m1/s1. The minimum absolute atomic E-state index is 0.305. The molecule has 7 heteroatoms. The van der Waals surface area contributed by atoms with E-state index in [2.05, 4.69) is 5.32 Å². The van der Waals surface area contributed by atoms with Crippen LogP contribution in [0.5, 0.6) is 5.75 Å². The molecule has 2 fully saturated rings. The minimum Gasteiger partial charge on any atom is -0.497 e. The minimum atomic E-state index is -1.21. The van der Waals surface area contributed by atoms with E-state index in [1.54, 1.807) is 45.2 Å². The molecule has 23 heavy (non-hydrogen) atoms. The van der Waals surface area contributed by atoms with Crippen LogP contribution in [0.1, 0.15) is 25.8 Å². The highest BCUT2D eigenvalue weighted by molar-refractivity contribution is 6.09. The van der Waals surface area contributed by atoms with Gasteiger partial charge in [0.15, 0.2) is 0 Å². The highest BCUT2D eigenvalue weighted by Crippen LogP contribution is 2.33. The van der Waals surface area contributed by atoms with Gasteiger partial charge in [0.25, 0.3) is 5.91 Å². The van der Waals surface area contributed by atoms with Crippen molar-refractivity contribution in [2.75, 3.05) is 7.11 Å². The Morgan fingerprint density at radius 1 is 1.26 bits per heavy atom. The van der Waals surface area contributed by atoms with Crippen LogP contribution in [-0.2, 0) is 19.9 Å². The number of rotatable bonds is 3. The molecule has 0 aliphatic carbocycles. The van der Waals surface area contributed by atoms with Crippen LogP contribution in [-0.4, -0.2) is 42.1 Å². The Bertz CT molecular complexity index is 672. The second kappa shape index (κ2) is 5.26. The van der Waals surface area contributed by atoms with Gasteiger partial charge in [0, 0.05) is 6.42 Å². The molecule has 1 N–H and O–H groups in total. The average molecular weight is 318 g/mol. The van der Waals surface area contributed by atoms with Crippen molar-refractivity contribution in [3.05, 3.63) is 29.8 Å². The molecule has 0 aromatic heterocycles. The molecule has 1 aromatic carbocycles. The largest absolute Gasteiger partial charge is 0.497 e. The summed E-state index contributed by atoms with van der Waals surface area (Å²) >= 11 is 0. The van der Waals surface area contributed by atoms with Gasteiger partial charge in [-0.3, -0.25) is 4.79 Å². The van der Waals surface area contributed by atoms with E-state index in [0.29, 0.717) is 17.7 Å². The van der Waals surface area contributed by atoms with Crippen molar-refractivity contribution in [2.45, 2.75) is 38.0 Å². The molecule has 0 saturated carbocycles. The fourth-order valence-corrected chi connectivity index (χ4v) is 3.01. The molecule has 2 aliphatic heterocycles. The first-order chi connectivity index (χ1) is 10.9. The maximum atomic E-state index is 12.8. The third-order valence-corrected chi connectivity index (χ3v) is 4.35. The first-order valence-corrected chi connectivity index (χ1v) is 7.37. The predicted octanol–water partition coefficient (Wildman–Crippen LogP) is 1.17. The van der Waals surface area contributed by atoms with E-state index in [4.69, 9.17) is 9.47 Å². The number of nitrogens with one attached hydrogen (secondary N) is 1. The predicted molar refractivity (Wildman–Crippen MR) is 79.7 cm³/mol. The number of cyclic esters (lactones) is 1. The lowest BCUT2D eigenvalue weighted by molar-refractivity contribution is -0.147. The molecule has 2 heterocycles. The first kappa shape index (κ1) is 15.3. The van der Waals surface area contributed by atoms with Crippen molar-refractivity contribution in [1.82, 2.24) is 10.2 Å². The summed E-state index contributed by atoms with van der Waals surface area (Å²) in [5.41, 5.74) is -0.589. The van der Waals surface area contributed by atoms with Crippen molar-refractivity contribution in [3.63, 3.8) is 0 Å². The number of esters is 1. The Kier molecular flexibility index (Phi) is 3.50. The Labute approximate surface area is 133 Å². The molecule has 2 aliphatic rings. The monoisotopic (exact) mass is 318 g/mol. The highest BCUT2D eigenvalue weighted by atomic mass is 16.6. The number of hydrogen-bond donors (Lipinski definition) is 1. The van der Waals surface area contributed by atoms with E-state index in [1.165, 1.54) is 0 Å². The number of nitrogens with zero attached hydrogens (tertiary/aromatic N) is 1.